The van der Waals surface area contributed by atoms with Gasteiger partial charge in [0.25, 0.3) is 0 Å². The van der Waals surface area contributed by atoms with E-state index in [1.807, 2.05) is 20.8 Å². The molecule has 0 bridgehead atoms. The van der Waals surface area contributed by atoms with Gasteiger partial charge in [0.1, 0.15) is 11.8 Å². The second kappa shape index (κ2) is 4.99. The number of amides is 1. The lowest BCUT2D eigenvalue weighted by Gasteiger charge is -2.37. The third-order valence-electron chi connectivity index (χ3n) is 2.55. The summed E-state index contributed by atoms with van der Waals surface area (Å²) in [4.78, 5) is 13.4. The number of rotatable bonds is 1. The summed E-state index contributed by atoms with van der Waals surface area (Å²) in [5, 5.41) is 0. The minimum Gasteiger partial charge on any atom is -0.444 e. The van der Waals surface area contributed by atoms with Crippen molar-refractivity contribution >= 4 is 6.09 Å². The van der Waals surface area contributed by atoms with Crippen molar-refractivity contribution in [2.75, 3.05) is 13.1 Å². The quantitative estimate of drug-likeness (QED) is 0.748. The maximum atomic E-state index is 13.2. The molecule has 16 heavy (non-hydrogen) atoms. The van der Waals surface area contributed by atoms with Crippen LogP contribution in [-0.4, -0.2) is 41.9 Å². The van der Waals surface area contributed by atoms with E-state index in [-0.39, 0.29) is 12.6 Å². The number of alkyl halides is 1. The molecule has 2 atom stereocenters. The van der Waals surface area contributed by atoms with Gasteiger partial charge in [-0.1, -0.05) is 0 Å². The molecule has 1 rings (SSSR count). The van der Waals surface area contributed by atoms with Crippen molar-refractivity contribution in [3.63, 3.8) is 0 Å². The largest absolute Gasteiger partial charge is 0.444 e. The zero-order valence-corrected chi connectivity index (χ0v) is 10.2. The predicted molar refractivity (Wildman–Crippen MR) is 59.9 cm³/mol. The van der Waals surface area contributed by atoms with Crippen molar-refractivity contribution in [2.24, 2.45) is 5.73 Å². The van der Waals surface area contributed by atoms with Gasteiger partial charge >= 0.3 is 6.09 Å². The minimum absolute atomic E-state index is 0.237. The van der Waals surface area contributed by atoms with Gasteiger partial charge in [0.15, 0.2) is 0 Å². The Morgan fingerprint density at radius 1 is 1.56 bits per heavy atom. The Bertz CT molecular complexity index is 253. The lowest BCUT2D eigenvalue weighted by atomic mass is 10.0. The number of piperidine rings is 1. The molecule has 1 heterocycles. The van der Waals surface area contributed by atoms with E-state index in [2.05, 4.69) is 0 Å². The van der Waals surface area contributed by atoms with Crippen molar-refractivity contribution in [3.05, 3.63) is 0 Å². The van der Waals surface area contributed by atoms with Gasteiger partial charge in [-0.15, -0.1) is 0 Å². The first-order chi connectivity index (χ1) is 7.33. The summed E-state index contributed by atoms with van der Waals surface area (Å²) in [6.45, 7) is 6.09. The number of ether oxygens (including phenoxy) is 1. The monoisotopic (exact) mass is 232 g/mol. The summed E-state index contributed by atoms with van der Waals surface area (Å²) in [7, 11) is 0. The maximum Gasteiger partial charge on any atom is 0.410 e. The van der Waals surface area contributed by atoms with E-state index in [0.717, 1.165) is 0 Å². The smallest absolute Gasteiger partial charge is 0.410 e. The molecule has 1 fully saturated rings. The molecule has 0 unspecified atom stereocenters. The number of nitrogens with zero attached hydrogens (tertiary/aromatic N) is 1. The van der Waals surface area contributed by atoms with Crippen LogP contribution in [0.1, 0.15) is 33.6 Å². The first-order valence-corrected chi connectivity index (χ1v) is 5.67. The van der Waals surface area contributed by atoms with Gasteiger partial charge in [-0.05, 0) is 27.2 Å². The summed E-state index contributed by atoms with van der Waals surface area (Å²) in [6, 6.07) is -0.237. The number of hydrogen-bond donors (Lipinski definition) is 1. The standard InChI is InChI=1S/C11H21FN2O2/c1-11(2,3)16-10(15)14-5-4-8(12)6-9(14)7-13/h8-9H,4-7,13H2,1-3H3/t8-,9+/m1/s1. The molecular weight excluding hydrogens is 211 g/mol. The fraction of sp³-hybridized carbons (Fsp3) is 0.909. The van der Waals surface area contributed by atoms with Crippen LogP contribution in [0.5, 0.6) is 0 Å². The number of halogens is 1. The van der Waals surface area contributed by atoms with Crippen molar-refractivity contribution in [1.82, 2.24) is 4.90 Å². The molecule has 0 aliphatic carbocycles. The van der Waals surface area contributed by atoms with E-state index in [0.29, 0.717) is 19.4 Å². The Hall–Kier alpha value is -0.840. The molecule has 0 radical (unpaired) electrons. The zero-order valence-electron chi connectivity index (χ0n) is 10.2. The second-order valence-electron chi connectivity index (χ2n) is 5.18. The fourth-order valence-corrected chi connectivity index (χ4v) is 1.79. The van der Waals surface area contributed by atoms with E-state index in [4.69, 9.17) is 10.5 Å². The van der Waals surface area contributed by atoms with Gasteiger partial charge in [-0.25, -0.2) is 9.18 Å². The molecule has 4 nitrogen and oxygen atoms in total. The molecule has 1 aliphatic rings. The molecule has 1 amide bonds. The second-order valence-corrected chi connectivity index (χ2v) is 5.18. The Morgan fingerprint density at radius 3 is 2.69 bits per heavy atom. The lowest BCUT2D eigenvalue weighted by molar-refractivity contribution is 0.00344. The molecule has 0 aromatic carbocycles. The van der Waals surface area contributed by atoms with Gasteiger partial charge < -0.3 is 15.4 Å². The summed E-state index contributed by atoms with van der Waals surface area (Å²) in [5.41, 5.74) is 5.02. The van der Waals surface area contributed by atoms with Gasteiger partial charge in [-0.2, -0.15) is 0 Å². The van der Waals surface area contributed by atoms with Crippen molar-refractivity contribution in [1.29, 1.82) is 0 Å². The Balaban J connectivity index is 2.60. The minimum atomic E-state index is -0.854. The van der Waals surface area contributed by atoms with Crippen molar-refractivity contribution < 1.29 is 13.9 Å². The Labute approximate surface area is 95.9 Å². The van der Waals surface area contributed by atoms with E-state index in [9.17, 15) is 9.18 Å². The van der Waals surface area contributed by atoms with Crippen LogP contribution < -0.4 is 5.73 Å². The average molecular weight is 232 g/mol. The highest BCUT2D eigenvalue weighted by molar-refractivity contribution is 5.68. The molecule has 2 N–H and O–H groups in total. The van der Waals surface area contributed by atoms with Gasteiger partial charge in [0, 0.05) is 19.5 Å². The van der Waals surface area contributed by atoms with Crippen molar-refractivity contribution in [2.45, 2.75) is 51.4 Å². The lowest BCUT2D eigenvalue weighted by Crippen LogP contribution is -2.51. The maximum absolute atomic E-state index is 13.2. The van der Waals surface area contributed by atoms with Crippen LogP contribution in [-0.2, 0) is 4.74 Å². The van der Waals surface area contributed by atoms with Crippen molar-refractivity contribution in [3.8, 4) is 0 Å². The number of carbonyl (C=O) groups is 1. The van der Waals surface area contributed by atoms with Crippen LogP contribution >= 0.6 is 0 Å². The normalized spacial score (nSPS) is 26.7. The van der Waals surface area contributed by atoms with E-state index in [1.165, 1.54) is 0 Å². The SMILES string of the molecule is CC(C)(C)OC(=O)N1CC[C@@H](F)C[C@H]1CN. The van der Waals surface area contributed by atoms with Gasteiger partial charge in [0.2, 0.25) is 0 Å². The van der Waals surface area contributed by atoms with Gasteiger partial charge in [-0.3, -0.25) is 0 Å². The van der Waals surface area contributed by atoms with E-state index >= 15 is 0 Å². The summed E-state index contributed by atoms with van der Waals surface area (Å²) in [6.07, 6.45) is -0.562. The summed E-state index contributed by atoms with van der Waals surface area (Å²) < 4.78 is 18.4. The molecule has 0 aromatic heterocycles. The highest BCUT2D eigenvalue weighted by Crippen LogP contribution is 2.21. The first-order valence-electron chi connectivity index (χ1n) is 5.67. The third kappa shape index (κ3) is 3.63. The van der Waals surface area contributed by atoms with Gasteiger partial charge in [0.05, 0.1) is 6.04 Å². The number of hydrogen-bond acceptors (Lipinski definition) is 3. The summed E-state index contributed by atoms with van der Waals surface area (Å²) >= 11 is 0. The molecule has 5 heteroatoms. The molecule has 0 aromatic rings. The summed E-state index contributed by atoms with van der Waals surface area (Å²) in [5.74, 6) is 0. The van der Waals surface area contributed by atoms with E-state index in [1.54, 1.807) is 4.90 Å². The molecule has 1 aliphatic heterocycles. The Morgan fingerprint density at radius 2 is 2.19 bits per heavy atom. The fourth-order valence-electron chi connectivity index (χ4n) is 1.79. The molecule has 0 spiro atoms. The molecule has 94 valence electrons. The predicted octanol–water partition coefficient (Wildman–Crippen LogP) is 1.68. The number of carbonyl (C=O) groups excluding carboxylic acids is 1. The Kier molecular flexibility index (Phi) is 4.13. The molecule has 1 saturated heterocycles. The molecule has 0 saturated carbocycles. The topological polar surface area (TPSA) is 55.6 Å². The third-order valence-corrected chi connectivity index (χ3v) is 2.55. The van der Waals surface area contributed by atoms with Crippen LogP contribution in [0.3, 0.4) is 0 Å². The van der Waals surface area contributed by atoms with Crippen LogP contribution in [0.4, 0.5) is 9.18 Å². The molecular formula is C11H21FN2O2. The van der Waals surface area contributed by atoms with Crippen LogP contribution in [0, 0.1) is 0 Å². The number of nitrogens with two attached hydrogens (primary N) is 1. The average Bonchev–Trinajstić information content (AvgIpc) is 2.14. The van der Waals surface area contributed by atoms with Crippen LogP contribution in [0.2, 0.25) is 0 Å². The van der Waals surface area contributed by atoms with Crippen LogP contribution in [0.25, 0.3) is 0 Å². The van der Waals surface area contributed by atoms with Crippen LogP contribution in [0.15, 0.2) is 0 Å². The zero-order chi connectivity index (χ0) is 12.3. The number of likely N-dealkylation sites (tertiary alicyclic amines) is 1. The highest BCUT2D eigenvalue weighted by Gasteiger charge is 2.33. The van der Waals surface area contributed by atoms with E-state index < -0.39 is 17.9 Å². The first kappa shape index (κ1) is 13.2. The highest BCUT2D eigenvalue weighted by atomic mass is 19.1.